The zero-order chi connectivity index (χ0) is 33.8. The number of fused-ring (bicyclic) bond motifs is 7. The summed E-state index contributed by atoms with van der Waals surface area (Å²) in [6.45, 7) is 0. The smallest absolute Gasteiger partial charge is 0.203 e. The Kier molecular flexibility index (Phi) is 11.7. The number of hydrogen-bond donors (Lipinski definition) is 0. The first-order valence-electron chi connectivity index (χ1n) is 14.3. The number of benzene rings is 4. The average Bonchev–Trinajstić information content (AvgIpc) is 3.05. The summed E-state index contributed by atoms with van der Waals surface area (Å²) in [4.78, 5) is 23.8. The Balaban J connectivity index is 0.000000490. The molecule has 2 aliphatic rings. The predicted molar refractivity (Wildman–Crippen MR) is 192 cm³/mol. The van der Waals surface area contributed by atoms with Crippen molar-refractivity contribution in [2.24, 2.45) is 0 Å². The summed E-state index contributed by atoms with van der Waals surface area (Å²) >= 11 is 28.8. The molecule has 246 valence electrons. The van der Waals surface area contributed by atoms with Gasteiger partial charge in [0.25, 0.3) is 0 Å². The molecule has 0 saturated carbocycles. The van der Waals surface area contributed by atoms with Gasteiger partial charge in [-0.05, 0) is 36.2 Å². The van der Waals surface area contributed by atoms with Crippen LogP contribution in [0.25, 0.3) is 32.8 Å². The molecular formula is C34H28Cl6N2O5. The van der Waals surface area contributed by atoms with Gasteiger partial charge in [0.15, 0.2) is 25.9 Å². The van der Waals surface area contributed by atoms with Crippen molar-refractivity contribution in [3.05, 3.63) is 83.1 Å². The molecular weight excluding hydrogens is 729 g/mol. The molecule has 2 heterocycles. The van der Waals surface area contributed by atoms with E-state index in [0.717, 1.165) is 56.4 Å². The number of nitrogens with zero attached hydrogens (tertiary/aromatic N) is 2. The van der Waals surface area contributed by atoms with Gasteiger partial charge >= 0.3 is 0 Å². The lowest BCUT2D eigenvalue weighted by Crippen LogP contribution is -2.26. The Morgan fingerprint density at radius 2 is 1.28 bits per heavy atom. The molecule has 0 amide bonds. The van der Waals surface area contributed by atoms with Crippen molar-refractivity contribution in [2.75, 3.05) is 21.3 Å². The molecule has 0 N–H and O–H groups in total. The standard InChI is InChI=1S/C32H26N2O5.2CHCl3/c1-36-24-15-17(16-25(37-2)32(24)38-3)26-27-22(35)13-8-14-23(27)39-31-19-10-5-4-9-18(19)29-30(28(26)31)34-21-12-7-6-11-20(21)33-29;2*2-1(3)4/h4-7,9-12,15-16,26H,8,13-14H2,1-3H3;2*1H/t26-;;/m1../s1. The monoisotopic (exact) mass is 754 g/mol. The topological polar surface area (TPSA) is 79.8 Å². The molecule has 0 fully saturated rings. The number of ether oxygens (including phenoxy) is 4. The van der Waals surface area contributed by atoms with Crippen molar-refractivity contribution in [2.45, 2.75) is 33.8 Å². The predicted octanol–water partition coefficient (Wildman–Crippen LogP) is 10.5. The van der Waals surface area contributed by atoms with Crippen LogP contribution in [0, 0.1) is 0 Å². The van der Waals surface area contributed by atoms with Gasteiger partial charge in [-0.25, -0.2) is 9.97 Å². The number of halogens is 6. The van der Waals surface area contributed by atoms with E-state index < -0.39 is 14.5 Å². The number of Topliss-reactive ketones (excluding diaryl/α,β-unsaturated/α-hetero) is 1. The Morgan fingerprint density at radius 1 is 0.745 bits per heavy atom. The molecule has 1 aromatic heterocycles. The first-order valence-corrected chi connectivity index (χ1v) is 16.9. The SMILES string of the molecule is COc1cc([C@@H]2C3=C(CCCC3=O)Oc3c2c2nc4ccccc4nc2c2ccccc32)cc(OC)c1OC.ClC(Cl)Cl.ClC(Cl)Cl. The van der Waals surface area contributed by atoms with Gasteiger partial charge in [-0.2, -0.15) is 0 Å². The highest BCUT2D eigenvalue weighted by atomic mass is 35.6. The zero-order valence-corrected chi connectivity index (χ0v) is 29.9. The average molecular weight is 757 g/mol. The van der Waals surface area contributed by atoms with Gasteiger partial charge in [0, 0.05) is 40.7 Å². The quantitative estimate of drug-likeness (QED) is 0.103. The van der Waals surface area contributed by atoms with Gasteiger partial charge in [-0.3, -0.25) is 4.79 Å². The van der Waals surface area contributed by atoms with Crippen LogP contribution in [0.15, 0.2) is 72.0 Å². The maximum absolute atomic E-state index is 13.6. The van der Waals surface area contributed by atoms with E-state index in [1.165, 1.54) is 0 Å². The van der Waals surface area contributed by atoms with Crippen LogP contribution in [-0.4, -0.2) is 45.7 Å². The summed E-state index contributed by atoms with van der Waals surface area (Å²) < 4.78 is 22.2. The minimum Gasteiger partial charge on any atom is -0.493 e. The van der Waals surface area contributed by atoms with Crippen molar-refractivity contribution in [1.29, 1.82) is 0 Å². The molecule has 1 atom stereocenters. The van der Waals surface area contributed by atoms with Gasteiger partial charge < -0.3 is 18.9 Å². The first-order chi connectivity index (χ1) is 22.6. The molecule has 1 aliphatic heterocycles. The van der Waals surface area contributed by atoms with Crippen molar-refractivity contribution >= 4 is 108 Å². The second-order valence-electron chi connectivity index (χ2n) is 10.3. The minimum absolute atomic E-state index is 0.0794. The molecule has 0 saturated heterocycles. The maximum atomic E-state index is 13.6. The van der Waals surface area contributed by atoms with Gasteiger partial charge in [-0.15, -0.1) is 0 Å². The zero-order valence-electron chi connectivity index (χ0n) is 25.3. The van der Waals surface area contributed by atoms with Gasteiger partial charge in [0.1, 0.15) is 11.5 Å². The third-order valence-corrected chi connectivity index (χ3v) is 7.73. The summed E-state index contributed by atoms with van der Waals surface area (Å²) in [5.41, 5.74) is 5.40. The molecule has 7 rings (SSSR count). The highest BCUT2D eigenvalue weighted by molar-refractivity contribution is 6.63. The van der Waals surface area contributed by atoms with E-state index in [1.807, 2.05) is 54.6 Å². The lowest BCUT2D eigenvalue weighted by atomic mass is 9.75. The van der Waals surface area contributed by atoms with Crippen molar-refractivity contribution in [3.8, 4) is 23.0 Å². The fraction of sp³-hybridized carbons (Fsp3) is 0.265. The summed E-state index contributed by atoms with van der Waals surface area (Å²) in [6.07, 6.45) is 1.92. The van der Waals surface area contributed by atoms with Crippen LogP contribution in [0.3, 0.4) is 0 Å². The van der Waals surface area contributed by atoms with E-state index in [9.17, 15) is 4.79 Å². The third kappa shape index (κ3) is 7.41. The van der Waals surface area contributed by atoms with Crippen molar-refractivity contribution in [3.63, 3.8) is 0 Å². The molecule has 47 heavy (non-hydrogen) atoms. The van der Waals surface area contributed by atoms with Crippen LogP contribution in [-0.2, 0) is 4.79 Å². The number of methoxy groups -OCH3 is 3. The van der Waals surface area contributed by atoms with Gasteiger partial charge in [-0.1, -0.05) is 106 Å². The van der Waals surface area contributed by atoms with E-state index >= 15 is 0 Å². The maximum Gasteiger partial charge on any atom is 0.203 e. The summed E-state index contributed by atoms with van der Waals surface area (Å²) in [5, 5.41) is 1.89. The number of ketones is 1. The number of rotatable bonds is 4. The van der Waals surface area contributed by atoms with Crippen LogP contribution >= 0.6 is 69.6 Å². The van der Waals surface area contributed by atoms with Crippen LogP contribution < -0.4 is 18.9 Å². The molecule has 5 aromatic rings. The van der Waals surface area contributed by atoms with E-state index in [0.29, 0.717) is 41.2 Å². The molecule has 1 aliphatic carbocycles. The number of aromatic nitrogens is 2. The molecule has 0 radical (unpaired) electrons. The Hall–Kier alpha value is -2.91. The van der Waals surface area contributed by atoms with Crippen LogP contribution in [0.2, 0.25) is 0 Å². The Morgan fingerprint density at radius 3 is 1.83 bits per heavy atom. The number of alkyl halides is 6. The normalized spacial score (nSPS) is 15.4. The summed E-state index contributed by atoms with van der Waals surface area (Å²) in [7, 11) is 4.77. The number of carbonyl (C=O) groups is 1. The largest absolute Gasteiger partial charge is 0.493 e. The van der Waals surface area contributed by atoms with Gasteiger partial charge in [0.2, 0.25) is 5.75 Å². The summed E-state index contributed by atoms with van der Waals surface area (Å²) in [5.74, 6) is 2.60. The number of para-hydroxylation sites is 2. The number of hydrogen-bond acceptors (Lipinski definition) is 7. The first kappa shape index (κ1) is 35.4. The van der Waals surface area contributed by atoms with E-state index in [1.54, 1.807) is 21.3 Å². The Bertz CT molecular complexity index is 1950. The Labute approximate surface area is 301 Å². The van der Waals surface area contributed by atoms with Crippen LogP contribution in [0.4, 0.5) is 0 Å². The molecule has 13 heteroatoms. The molecule has 7 nitrogen and oxygen atoms in total. The van der Waals surface area contributed by atoms with E-state index in [2.05, 4.69) is 6.07 Å². The number of allylic oxidation sites excluding steroid dienone is 2. The minimum atomic E-state index is -0.750. The summed E-state index contributed by atoms with van der Waals surface area (Å²) in [6, 6.07) is 19.8. The van der Waals surface area contributed by atoms with Crippen LogP contribution in [0.1, 0.15) is 36.3 Å². The molecule has 0 bridgehead atoms. The number of carbonyl (C=O) groups excluding carboxylic acids is 1. The van der Waals surface area contributed by atoms with Crippen molar-refractivity contribution in [1.82, 2.24) is 9.97 Å². The highest BCUT2D eigenvalue weighted by Crippen LogP contribution is 2.53. The molecule has 0 unspecified atom stereocenters. The molecule has 4 aromatic carbocycles. The fourth-order valence-electron chi connectivity index (χ4n) is 6.02. The third-order valence-electron chi connectivity index (χ3n) is 7.73. The van der Waals surface area contributed by atoms with Gasteiger partial charge in [0.05, 0.1) is 43.4 Å². The fourth-order valence-corrected chi connectivity index (χ4v) is 6.02. The van der Waals surface area contributed by atoms with E-state index in [-0.39, 0.29) is 5.78 Å². The van der Waals surface area contributed by atoms with Crippen molar-refractivity contribution < 1.29 is 23.7 Å². The second-order valence-corrected chi connectivity index (χ2v) is 14.3. The van der Waals surface area contributed by atoms with Crippen LogP contribution in [0.5, 0.6) is 23.0 Å². The second kappa shape index (κ2) is 15.5. The highest BCUT2D eigenvalue weighted by Gasteiger charge is 2.40. The molecule has 0 spiro atoms. The van der Waals surface area contributed by atoms with E-state index in [4.69, 9.17) is 98.5 Å². The lowest BCUT2D eigenvalue weighted by Gasteiger charge is -2.34. The lowest BCUT2D eigenvalue weighted by molar-refractivity contribution is -0.116.